The number of morpholine rings is 1. The zero-order valence-electron chi connectivity index (χ0n) is 10.9. The van der Waals surface area contributed by atoms with Gasteiger partial charge in [-0.1, -0.05) is 0 Å². The van der Waals surface area contributed by atoms with Gasteiger partial charge in [0.15, 0.2) is 6.10 Å². The Bertz CT molecular complexity index is 490. The van der Waals surface area contributed by atoms with Crippen molar-refractivity contribution < 1.29 is 19.4 Å². The number of hydrogen-bond acceptors (Lipinski definition) is 4. The monoisotopic (exact) mass is 361 g/mol. The van der Waals surface area contributed by atoms with Crippen LogP contribution in [0.1, 0.15) is 17.7 Å². The first kappa shape index (κ1) is 15.5. The predicted octanol–water partition coefficient (Wildman–Crippen LogP) is 2.15. The lowest BCUT2D eigenvalue weighted by molar-refractivity contribution is -0.159. The van der Waals surface area contributed by atoms with Gasteiger partial charge in [0.1, 0.15) is 0 Å². The maximum atomic E-state index is 12.0. The van der Waals surface area contributed by atoms with Gasteiger partial charge in [0, 0.05) is 17.8 Å². The van der Waals surface area contributed by atoms with Gasteiger partial charge < -0.3 is 14.7 Å². The average molecular weight is 362 g/mol. The second kappa shape index (κ2) is 7.19. The molecule has 1 amide bonds. The zero-order valence-corrected chi connectivity index (χ0v) is 13.3. The highest BCUT2D eigenvalue weighted by Crippen LogP contribution is 2.23. The fraction of sp³-hybridized carbons (Fsp3) is 0.538. The van der Waals surface area contributed by atoms with Crippen molar-refractivity contribution in [3.63, 3.8) is 0 Å². The summed E-state index contributed by atoms with van der Waals surface area (Å²) in [5.41, 5.74) is 0. The van der Waals surface area contributed by atoms with Gasteiger partial charge in [-0.15, -0.1) is 11.3 Å². The van der Waals surface area contributed by atoms with E-state index in [1.807, 2.05) is 6.07 Å². The lowest BCUT2D eigenvalue weighted by Crippen LogP contribution is -2.48. The van der Waals surface area contributed by atoms with Crippen LogP contribution in [-0.2, 0) is 20.7 Å². The van der Waals surface area contributed by atoms with Crippen LogP contribution in [0.5, 0.6) is 0 Å². The molecular weight excluding hydrogens is 346 g/mol. The average Bonchev–Trinajstić information content (AvgIpc) is 2.84. The molecule has 2 heterocycles. The molecule has 1 aliphatic rings. The molecule has 1 fully saturated rings. The molecule has 0 bridgehead atoms. The molecule has 0 spiro atoms. The van der Waals surface area contributed by atoms with Crippen molar-refractivity contribution in [2.75, 3.05) is 19.7 Å². The molecule has 0 aliphatic carbocycles. The zero-order chi connectivity index (χ0) is 14.5. The van der Waals surface area contributed by atoms with E-state index in [9.17, 15) is 9.59 Å². The van der Waals surface area contributed by atoms with Crippen molar-refractivity contribution in [3.05, 3.63) is 20.8 Å². The molecule has 2 rings (SSSR count). The van der Waals surface area contributed by atoms with E-state index >= 15 is 0 Å². The molecule has 1 N–H and O–H groups in total. The summed E-state index contributed by atoms with van der Waals surface area (Å²) in [6, 6.07) is 4.05. The summed E-state index contributed by atoms with van der Waals surface area (Å²) in [6.45, 7) is 0.923. The van der Waals surface area contributed by atoms with Crippen LogP contribution in [0.2, 0.25) is 0 Å². The number of aliphatic carboxylic acids is 1. The summed E-state index contributed by atoms with van der Waals surface area (Å²) in [5, 5.41) is 8.90. The maximum absolute atomic E-state index is 12.0. The van der Waals surface area contributed by atoms with E-state index in [0.717, 1.165) is 16.6 Å². The van der Waals surface area contributed by atoms with Crippen molar-refractivity contribution >= 4 is 39.1 Å². The van der Waals surface area contributed by atoms with Crippen LogP contribution in [-0.4, -0.2) is 47.7 Å². The second-order valence-corrected chi connectivity index (χ2v) is 7.14. The Morgan fingerprint density at radius 2 is 2.30 bits per heavy atom. The molecule has 0 aromatic carbocycles. The van der Waals surface area contributed by atoms with Gasteiger partial charge in [0.25, 0.3) is 0 Å². The van der Waals surface area contributed by atoms with Gasteiger partial charge in [0.2, 0.25) is 5.91 Å². The van der Waals surface area contributed by atoms with Crippen LogP contribution in [0.4, 0.5) is 0 Å². The SMILES string of the molecule is O=C(O)C1CN(C(=O)CCCc2ccc(Br)s2)CCO1. The lowest BCUT2D eigenvalue weighted by Gasteiger charge is -2.30. The number of thiophene rings is 1. The Morgan fingerprint density at radius 1 is 1.50 bits per heavy atom. The van der Waals surface area contributed by atoms with Crippen LogP contribution in [0.15, 0.2) is 15.9 Å². The summed E-state index contributed by atoms with van der Waals surface area (Å²) >= 11 is 5.08. The minimum absolute atomic E-state index is 0.00942. The molecule has 1 saturated heterocycles. The number of aryl methyl sites for hydroxylation is 1. The predicted molar refractivity (Wildman–Crippen MR) is 78.9 cm³/mol. The molecule has 1 aliphatic heterocycles. The topological polar surface area (TPSA) is 66.8 Å². The number of halogens is 1. The minimum atomic E-state index is -1.01. The largest absolute Gasteiger partial charge is 0.479 e. The van der Waals surface area contributed by atoms with Crippen molar-refractivity contribution in [1.82, 2.24) is 4.90 Å². The van der Waals surface area contributed by atoms with Gasteiger partial charge in [-0.2, -0.15) is 0 Å². The third-order valence-corrected chi connectivity index (χ3v) is 4.82. The van der Waals surface area contributed by atoms with E-state index in [0.29, 0.717) is 19.6 Å². The fourth-order valence-electron chi connectivity index (χ4n) is 2.08. The van der Waals surface area contributed by atoms with Gasteiger partial charge >= 0.3 is 5.97 Å². The molecule has 1 aromatic rings. The molecule has 5 nitrogen and oxygen atoms in total. The molecule has 1 aromatic heterocycles. The fourth-order valence-corrected chi connectivity index (χ4v) is 3.61. The van der Waals surface area contributed by atoms with Gasteiger partial charge in [-0.3, -0.25) is 4.79 Å². The Kier molecular flexibility index (Phi) is 5.56. The molecule has 7 heteroatoms. The number of nitrogens with zero attached hydrogens (tertiary/aromatic N) is 1. The normalized spacial score (nSPS) is 19.1. The summed E-state index contributed by atoms with van der Waals surface area (Å²) in [5.74, 6) is -0.999. The standard InChI is InChI=1S/C13H16BrNO4S/c14-11-5-4-9(20-11)2-1-3-12(16)15-6-7-19-10(8-15)13(17)18/h4-5,10H,1-3,6-8H2,(H,17,18). The third-order valence-electron chi connectivity index (χ3n) is 3.14. The van der Waals surface area contributed by atoms with E-state index in [4.69, 9.17) is 9.84 Å². The number of carbonyl (C=O) groups excluding carboxylic acids is 1. The highest BCUT2D eigenvalue weighted by molar-refractivity contribution is 9.11. The van der Waals surface area contributed by atoms with Crippen LogP contribution in [0, 0.1) is 0 Å². The number of rotatable bonds is 5. The number of hydrogen-bond donors (Lipinski definition) is 1. The first-order chi connectivity index (χ1) is 9.56. The van der Waals surface area contributed by atoms with E-state index in [1.54, 1.807) is 16.2 Å². The number of carbonyl (C=O) groups is 2. The Labute approximate surface area is 129 Å². The Hall–Kier alpha value is -0.920. The number of carboxylic acids is 1. The van der Waals surface area contributed by atoms with E-state index in [1.165, 1.54) is 4.88 Å². The highest BCUT2D eigenvalue weighted by Gasteiger charge is 2.28. The molecule has 1 unspecified atom stereocenters. The van der Waals surface area contributed by atoms with E-state index < -0.39 is 12.1 Å². The van der Waals surface area contributed by atoms with Gasteiger partial charge in [-0.25, -0.2) is 4.79 Å². The van der Waals surface area contributed by atoms with Crippen molar-refractivity contribution in [3.8, 4) is 0 Å². The third kappa shape index (κ3) is 4.29. The van der Waals surface area contributed by atoms with Crippen molar-refractivity contribution in [1.29, 1.82) is 0 Å². The minimum Gasteiger partial charge on any atom is -0.479 e. The first-order valence-corrected chi connectivity index (χ1v) is 8.03. The van der Waals surface area contributed by atoms with Crippen LogP contribution >= 0.6 is 27.3 Å². The molecule has 20 heavy (non-hydrogen) atoms. The van der Waals surface area contributed by atoms with Crippen LogP contribution < -0.4 is 0 Å². The lowest BCUT2D eigenvalue weighted by atomic mass is 10.2. The molecule has 110 valence electrons. The van der Waals surface area contributed by atoms with Crippen LogP contribution in [0.3, 0.4) is 0 Å². The number of ether oxygens (including phenoxy) is 1. The Morgan fingerprint density at radius 3 is 2.95 bits per heavy atom. The van der Waals surface area contributed by atoms with Crippen LogP contribution in [0.25, 0.3) is 0 Å². The molecule has 0 saturated carbocycles. The first-order valence-electron chi connectivity index (χ1n) is 6.42. The summed E-state index contributed by atoms with van der Waals surface area (Å²) in [7, 11) is 0. The summed E-state index contributed by atoms with van der Waals surface area (Å²) in [6.07, 6.45) is 1.21. The Balaban J connectivity index is 1.75. The summed E-state index contributed by atoms with van der Waals surface area (Å²) in [4.78, 5) is 25.7. The smallest absolute Gasteiger partial charge is 0.334 e. The number of carboxylic acid groups (broad SMARTS) is 1. The molecule has 1 atom stereocenters. The number of amides is 1. The summed E-state index contributed by atoms with van der Waals surface area (Å²) < 4.78 is 6.19. The quantitative estimate of drug-likeness (QED) is 0.872. The van der Waals surface area contributed by atoms with Gasteiger partial charge in [-0.05, 0) is 40.9 Å². The van der Waals surface area contributed by atoms with Crippen molar-refractivity contribution in [2.24, 2.45) is 0 Å². The van der Waals surface area contributed by atoms with Crippen molar-refractivity contribution in [2.45, 2.75) is 25.4 Å². The second-order valence-electron chi connectivity index (χ2n) is 4.60. The molecule has 0 radical (unpaired) electrons. The maximum Gasteiger partial charge on any atom is 0.334 e. The van der Waals surface area contributed by atoms with Gasteiger partial charge in [0.05, 0.1) is 16.9 Å². The molecular formula is C13H16BrNO4S. The highest BCUT2D eigenvalue weighted by atomic mass is 79.9. The van der Waals surface area contributed by atoms with E-state index in [2.05, 4.69) is 22.0 Å². The van der Waals surface area contributed by atoms with E-state index in [-0.39, 0.29) is 12.5 Å².